The lowest BCUT2D eigenvalue weighted by Crippen LogP contribution is -2.19. The van der Waals surface area contributed by atoms with Gasteiger partial charge in [-0.05, 0) is 19.3 Å². The van der Waals surface area contributed by atoms with E-state index in [0.29, 0.717) is 17.9 Å². The molecule has 3 nitrogen and oxygen atoms in total. The molecule has 0 aliphatic rings. The van der Waals surface area contributed by atoms with E-state index in [-0.39, 0.29) is 6.61 Å². The highest BCUT2D eigenvalue weighted by Gasteiger charge is 2.09. The van der Waals surface area contributed by atoms with Crippen LogP contribution in [0.15, 0.2) is 12.2 Å². The zero-order valence-electron chi connectivity index (χ0n) is 10.7. The van der Waals surface area contributed by atoms with E-state index in [1.54, 1.807) is 6.92 Å². The van der Waals surface area contributed by atoms with E-state index < -0.39 is 12.1 Å². The van der Waals surface area contributed by atoms with E-state index in [4.69, 9.17) is 4.74 Å². The van der Waals surface area contributed by atoms with Crippen molar-refractivity contribution in [3.8, 4) is 0 Å². The Bertz CT molecular complexity index is 223. The van der Waals surface area contributed by atoms with Gasteiger partial charge in [-0.2, -0.15) is 0 Å². The maximum Gasteiger partial charge on any atom is 0.333 e. The number of rotatable bonds is 8. The lowest BCUT2D eigenvalue weighted by Gasteiger charge is -2.12. The minimum absolute atomic E-state index is 0.0756. The molecule has 0 aromatic carbocycles. The Labute approximate surface area is 98.5 Å². The Morgan fingerprint density at radius 2 is 2.06 bits per heavy atom. The molecule has 0 fully saturated rings. The first kappa shape index (κ1) is 15.2. The van der Waals surface area contributed by atoms with Crippen molar-refractivity contribution < 1.29 is 14.6 Å². The first-order valence-electron chi connectivity index (χ1n) is 5.98. The normalized spacial score (nSPS) is 14.2. The number of ether oxygens (including phenoxy) is 1. The van der Waals surface area contributed by atoms with Gasteiger partial charge in [-0.1, -0.05) is 39.7 Å². The van der Waals surface area contributed by atoms with Gasteiger partial charge in [0.15, 0.2) is 0 Å². The monoisotopic (exact) mass is 228 g/mol. The predicted molar refractivity (Wildman–Crippen MR) is 65.1 cm³/mol. The van der Waals surface area contributed by atoms with Crippen molar-refractivity contribution in [1.82, 2.24) is 0 Å². The molecule has 0 aliphatic carbocycles. The van der Waals surface area contributed by atoms with E-state index >= 15 is 0 Å². The first-order chi connectivity index (χ1) is 7.47. The van der Waals surface area contributed by atoms with Gasteiger partial charge in [0.25, 0.3) is 0 Å². The Morgan fingerprint density at radius 3 is 2.56 bits per heavy atom. The summed E-state index contributed by atoms with van der Waals surface area (Å²) in [6.45, 7) is 9.51. The molecule has 94 valence electrons. The fourth-order valence-corrected chi connectivity index (χ4v) is 1.28. The van der Waals surface area contributed by atoms with E-state index in [9.17, 15) is 9.90 Å². The van der Waals surface area contributed by atoms with Gasteiger partial charge in [0.2, 0.25) is 0 Å². The van der Waals surface area contributed by atoms with Crippen molar-refractivity contribution in [2.75, 3.05) is 6.61 Å². The van der Waals surface area contributed by atoms with Crippen LogP contribution < -0.4 is 0 Å². The largest absolute Gasteiger partial charge is 0.460 e. The van der Waals surface area contributed by atoms with Crippen molar-refractivity contribution in [2.24, 2.45) is 5.92 Å². The van der Waals surface area contributed by atoms with Crippen molar-refractivity contribution in [2.45, 2.75) is 52.6 Å². The van der Waals surface area contributed by atoms with Crippen LogP contribution in [0.25, 0.3) is 0 Å². The van der Waals surface area contributed by atoms with Crippen LogP contribution in [-0.2, 0) is 9.53 Å². The highest BCUT2D eigenvalue weighted by molar-refractivity contribution is 5.86. The van der Waals surface area contributed by atoms with Crippen molar-refractivity contribution in [3.63, 3.8) is 0 Å². The summed E-state index contributed by atoms with van der Waals surface area (Å²) in [4.78, 5) is 11.0. The molecule has 0 saturated carbocycles. The molecule has 0 amide bonds. The van der Waals surface area contributed by atoms with Crippen molar-refractivity contribution in [1.29, 1.82) is 0 Å². The van der Waals surface area contributed by atoms with Gasteiger partial charge in [-0.3, -0.25) is 0 Å². The molecule has 0 heterocycles. The van der Waals surface area contributed by atoms with E-state index in [0.717, 1.165) is 12.8 Å². The standard InChI is InChI=1S/C13H24O3/c1-5-11(4)7-6-8-12(14)9-16-13(15)10(2)3/h11-12,14H,2,5-9H2,1,3-4H3. The number of hydrogen-bond acceptors (Lipinski definition) is 3. The molecule has 0 rings (SSSR count). The second kappa shape index (κ2) is 8.34. The molecule has 2 atom stereocenters. The van der Waals surface area contributed by atoms with Crippen LogP contribution in [0.2, 0.25) is 0 Å². The van der Waals surface area contributed by atoms with E-state index in [1.165, 1.54) is 6.42 Å². The maximum atomic E-state index is 11.0. The number of carbonyl (C=O) groups is 1. The lowest BCUT2D eigenvalue weighted by atomic mass is 10.0. The van der Waals surface area contributed by atoms with Crippen LogP contribution in [0.3, 0.4) is 0 Å². The van der Waals surface area contributed by atoms with Gasteiger partial charge in [0, 0.05) is 5.57 Å². The molecule has 0 aromatic heterocycles. The fourth-order valence-electron chi connectivity index (χ4n) is 1.28. The maximum absolute atomic E-state index is 11.0. The van der Waals surface area contributed by atoms with Gasteiger partial charge < -0.3 is 9.84 Å². The highest BCUT2D eigenvalue weighted by Crippen LogP contribution is 2.12. The van der Waals surface area contributed by atoms with Crippen LogP contribution in [0.1, 0.15) is 46.5 Å². The van der Waals surface area contributed by atoms with Gasteiger partial charge >= 0.3 is 5.97 Å². The minimum Gasteiger partial charge on any atom is -0.460 e. The van der Waals surface area contributed by atoms with Crippen molar-refractivity contribution >= 4 is 5.97 Å². The van der Waals surface area contributed by atoms with Gasteiger partial charge in [-0.25, -0.2) is 4.79 Å². The zero-order valence-corrected chi connectivity index (χ0v) is 10.7. The summed E-state index contributed by atoms with van der Waals surface area (Å²) in [5.41, 5.74) is 0.367. The molecule has 0 aliphatic heterocycles. The number of carbonyl (C=O) groups excluding carboxylic acids is 1. The molecule has 0 radical (unpaired) electrons. The number of aliphatic hydroxyl groups excluding tert-OH is 1. The molecule has 2 unspecified atom stereocenters. The van der Waals surface area contributed by atoms with Crippen molar-refractivity contribution in [3.05, 3.63) is 12.2 Å². The molecular weight excluding hydrogens is 204 g/mol. The SMILES string of the molecule is C=C(C)C(=O)OCC(O)CCCC(C)CC. The van der Waals surface area contributed by atoms with E-state index in [1.807, 2.05) is 0 Å². The second-order valence-corrected chi connectivity index (χ2v) is 4.48. The van der Waals surface area contributed by atoms with Crippen LogP contribution in [0.5, 0.6) is 0 Å². The Morgan fingerprint density at radius 1 is 1.44 bits per heavy atom. The number of aliphatic hydroxyl groups is 1. The third kappa shape index (κ3) is 7.46. The predicted octanol–water partition coefficient (Wildman–Crippen LogP) is 2.68. The summed E-state index contributed by atoms with van der Waals surface area (Å²) < 4.78 is 4.86. The molecule has 0 bridgehead atoms. The van der Waals surface area contributed by atoms with E-state index in [2.05, 4.69) is 20.4 Å². The summed E-state index contributed by atoms with van der Waals surface area (Å²) in [5.74, 6) is 0.270. The van der Waals surface area contributed by atoms with Crippen LogP contribution in [0, 0.1) is 5.92 Å². The third-order valence-electron chi connectivity index (χ3n) is 2.69. The minimum atomic E-state index is -0.549. The first-order valence-corrected chi connectivity index (χ1v) is 5.98. The Balaban J connectivity index is 3.55. The molecule has 1 N–H and O–H groups in total. The summed E-state index contributed by atoms with van der Waals surface area (Å²) >= 11 is 0. The average molecular weight is 228 g/mol. The van der Waals surface area contributed by atoms with Gasteiger partial charge in [0.1, 0.15) is 6.61 Å². The smallest absolute Gasteiger partial charge is 0.333 e. The van der Waals surface area contributed by atoms with Gasteiger partial charge in [-0.15, -0.1) is 0 Å². The fraction of sp³-hybridized carbons (Fsp3) is 0.769. The molecule has 16 heavy (non-hydrogen) atoms. The second-order valence-electron chi connectivity index (χ2n) is 4.48. The topological polar surface area (TPSA) is 46.5 Å². The summed E-state index contributed by atoms with van der Waals surface area (Å²) in [5, 5.41) is 9.56. The van der Waals surface area contributed by atoms with Gasteiger partial charge in [0.05, 0.1) is 6.10 Å². The summed E-state index contributed by atoms with van der Waals surface area (Å²) in [6, 6.07) is 0. The number of hydrogen-bond donors (Lipinski definition) is 1. The number of esters is 1. The molecule has 3 heteroatoms. The summed E-state index contributed by atoms with van der Waals surface area (Å²) in [6.07, 6.45) is 3.39. The third-order valence-corrected chi connectivity index (χ3v) is 2.69. The molecule has 0 saturated heterocycles. The highest BCUT2D eigenvalue weighted by atomic mass is 16.5. The van der Waals surface area contributed by atoms with Crippen LogP contribution in [0.4, 0.5) is 0 Å². The molecular formula is C13H24O3. The van der Waals surface area contributed by atoms with Crippen LogP contribution in [-0.4, -0.2) is 23.8 Å². The Hall–Kier alpha value is -0.830. The lowest BCUT2D eigenvalue weighted by molar-refractivity contribution is -0.142. The summed E-state index contributed by atoms with van der Waals surface area (Å²) in [7, 11) is 0. The van der Waals surface area contributed by atoms with Crippen LogP contribution >= 0.6 is 0 Å². The molecule has 0 spiro atoms. The molecule has 0 aromatic rings. The Kier molecular flexibility index (Phi) is 7.90. The zero-order chi connectivity index (χ0) is 12.6. The quantitative estimate of drug-likeness (QED) is 0.513. The average Bonchev–Trinajstić information content (AvgIpc) is 2.25.